The van der Waals surface area contributed by atoms with Gasteiger partial charge < -0.3 is 5.32 Å². The molecule has 3 heteroatoms. The van der Waals surface area contributed by atoms with E-state index in [-0.39, 0.29) is 17.4 Å². The van der Waals surface area contributed by atoms with Gasteiger partial charge in [-0.25, -0.2) is 0 Å². The highest BCUT2D eigenvalue weighted by Gasteiger charge is 2.30. The van der Waals surface area contributed by atoms with Crippen LogP contribution in [0, 0.1) is 5.41 Å². The minimum atomic E-state index is 0.0190. The fourth-order valence-electron chi connectivity index (χ4n) is 2.63. The monoisotopic (exact) mass is 353 g/mol. The van der Waals surface area contributed by atoms with Crippen LogP contribution in [0.25, 0.3) is 0 Å². The van der Waals surface area contributed by atoms with Gasteiger partial charge in [-0.15, -0.1) is 0 Å². The lowest BCUT2D eigenvalue weighted by molar-refractivity contribution is 0.0880. The molecule has 1 aromatic carbocycles. The zero-order chi connectivity index (χ0) is 15.9. The van der Waals surface area contributed by atoms with E-state index in [9.17, 15) is 4.79 Å². The van der Waals surface area contributed by atoms with Crippen molar-refractivity contribution >= 4 is 21.8 Å². The SMILES string of the molecule is CCCCC(C)(C)C(CCC)NC(=O)c1ccccc1Br. The van der Waals surface area contributed by atoms with Gasteiger partial charge in [0, 0.05) is 10.5 Å². The second-order valence-corrected chi connectivity index (χ2v) is 7.24. The molecule has 1 N–H and O–H groups in total. The summed E-state index contributed by atoms with van der Waals surface area (Å²) in [6.07, 6.45) is 5.65. The number of hydrogen-bond acceptors (Lipinski definition) is 1. The lowest BCUT2D eigenvalue weighted by Crippen LogP contribution is -2.45. The van der Waals surface area contributed by atoms with Crippen LogP contribution in [0.5, 0.6) is 0 Å². The number of carbonyl (C=O) groups excluding carboxylic acids is 1. The van der Waals surface area contributed by atoms with Gasteiger partial charge in [-0.05, 0) is 46.3 Å². The highest BCUT2D eigenvalue weighted by molar-refractivity contribution is 9.10. The Labute approximate surface area is 137 Å². The third kappa shape index (κ3) is 5.46. The molecule has 118 valence electrons. The summed E-state index contributed by atoms with van der Waals surface area (Å²) in [5.74, 6) is 0.0190. The smallest absolute Gasteiger partial charge is 0.252 e. The second kappa shape index (κ2) is 8.57. The molecule has 0 radical (unpaired) electrons. The van der Waals surface area contributed by atoms with Crippen molar-refractivity contribution < 1.29 is 4.79 Å². The molecular weight excluding hydrogens is 326 g/mol. The fourth-order valence-corrected chi connectivity index (χ4v) is 3.10. The summed E-state index contributed by atoms with van der Waals surface area (Å²) in [7, 11) is 0. The maximum absolute atomic E-state index is 12.5. The van der Waals surface area contributed by atoms with E-state index in [0.717, 1.165) is 23.7 Å². The minimum absolute atomic E-state index is 0.0190. The highest BCUT2D eigenvalue weighted by Crippen LogP contribution is 2.30. The molecule has 0 aromatic heterocycles. The topological polar surface area (TPSA) is 29.1 Å². The predicted molar refractivity (Wildman–Crippen MR) is 93.6 cm³/mol. The number of hydrogen-bond donors (Lipinski definition) is 1. The van der Waals surface area contributed by atoms with Crippen molar-refractivity contribution in [2.75, 3.05) is 0 Å². The van der Waals surface area contributed by atoms with Crippen LogP contribution in [0.1, 0.15) is 70.2 Å². The summed E-state index contributed by atoms with van der Waals surface area (Å²) in [5.41, 5.74) is 0.841. The normalized spacial score (nSPS) is 13.0. The maximum atomic E-state index is 12.5. The molecule has 1 atom stereocenters. The number of nitrogens with one attached hydrogen (secondary N) is 1. The van der Waals surface area contributed by atoms with E-state index in [2.05, 4.69) is 48.9 Å². The first kappa shape index (κ1) is 18.2. The maximum Gasteiger partial charge on any atom is 0.252 e. The highest BCUT2D eigenvalue weighted by atomic mass is 79.9. The average Bonchev–Trinajstić information content (AvgIpc) is 2.45. The molecule has 0 fully saturated rings. The lowest BCUT2D eigenvalue weighted by atomic mass is 9.77. The predicted octanol–water partition coefficient (Wildman–Crippen LogP) is 5.56. The summed E-state index contributed by atoms with van der Waals surface area (Å²) in [4.78, 5) is 12.5. The molecule has 1 aromatic rings. The van der Waals surface area contributed by atoms with E-state index in [0.29, 0.717) is 5.56 Å². The van der Waals surface area contributed by atoms with Crippen molar-refractivity contribution in [3.05, 3.63) is 34.3 Å². The van der Waals surface area contributed by atoms with E-state index >= 15 is 0 Å². The van der Waals surface area contributed by atoms with Crippen LogP contribution < -0.4 is 5.32 Å². The molecule has 0 heterocycles. The molecule has 0 aliphatic rings. The first-order valence-corrected chi connectivity index (χ1v) is 8.77. The van der Waals surface area contributed by atoms with Gasteiger partial charge >= 0.3 is 0 Å². The van der Waals surface area contributed by atoms with Gasteiger partial charge in [0.15, 0.2) is 0 Å². The Hall–Kier alpha value is -0.830. The van der Waals surface area contributed by atoms with Crippen molar-refractivity contribution in [1.29, 1.82) is 0 Å². The van der Waals surface area contributed by atoms with Gasteiger partial charge in [0.05, 0.1) is 5.56 Å². The van der Waals surface area contributed by atoms with E-state index in [1.807, 2.05) is 24.3 Å². The van der Waals surface area contributed by atoms with Gasteiger partial charge in [0.1, 0.15) is 0 Å². The van der Waals surface area contributed by atoms with Crippen LogP contribution >= 0.6 is 15.9 Å². The molecule has 1 rings (SSSR count). The average molecular weight is 354 g/mol. The van der Waals surface area contributed by atoms with Gasteiger partial charge in [0.2, 0.25) is 0 Å². The van der Waals surface area contributed by atoms with Crippen molar-refractivity contribution in [2.45, 2.75) is 65.8 Å². The lowest BCUT2D eigenvalue weighted by Gasteiger charge is -2.35. The quantitative estimate of drug-likeness (QED) is 0.650. The van der Waals surface area contributed by atoms with E-state index in [4.69, 9.17) is 0 Å². The van der Waals surface area contributed by atoms with Crippen LogP contribution in [0.2, 0.25) is 0 Å². The summed E-state index contributed by atoms with van der Waals surface area (Å²) in [6.45, 7) is 8.92. The third-order valence-corrected chi connectivity index (χ3v) is 4.81. The third-order valence-electron chi connectivity index (χ3n) is 4.12. The van der Waals surface area contributed by atoms with Crippen molar-refractivity contribution in [3.8, 4) is 0 Å². The largest absolute Gasteiger partial charge is 0.349 e. The van der Waals surface area contributed by atoms with Crippen LogP contribution in [-0.4, -0.2) is 11.9 Å². The standard InChI is InChI=1S/C18H28BrNO/c1-5-7-13-18(3,4)16(10-6-2)20-17(21)14-11-8-9-12-15(14)19/h8-9,11-12,16H,5-7,10,13H2,1-4H3,(H,20,21). The number of benzene rings is 1. The van der Waals surface area contributed by atoms with Crippen molar-refractivity contribution in [1.82, 2.24) is 5.32 Å². The Morgan fingerprint density at radius 3 is 2.48 bits per heavy atom. The van der Waals surface area contributed by atoms with Gasteiger partial charge in [-0.2, -0.15) is 0 Å². The van der Waals surface area contributed by atoms with Crippen molar-refractivity contribution in [2.24, 2.45) is 5.41 Å². The van der Waals surface area contributed by atoms with E-state index in [1.165, 1.54) is 12.8 Å². The number of halogens is 1. The Kier molecular flexibility index (Phi) is 7.44. The van der Waals surface area contributed by atoms with E-state index < -0.39 is 0 Å². The van der Waals surface area contributed by atoms with Gasteiger partial charge in [0.25, 0.3) is 5.91 Å². The van der Waals surface area contributed by atoms with Crippen LogP contribution in [-0.2, 0) is 0 Å². The van der Waals surface area contributed by atoms with Crippen LogP contribution in [0.3, 0.4) is 0 Å². The Balaban J connectivity index is 2.83. The van der Waals surface area contributed by atoms with Crippen molar-refractivity contribution in [3.63, 3.8) is 0 Å². The summed E-state index contributed by atoms with van der Waals surface area (Å²) in [5, 5.41) is 3.26. The summed E-state index contributed by atoms with van der Waals surface area (Å²) < 4.78 is 0.851. The molecular formula is C18H28BrNO. The molecule has 0 aliphatic carbocycles. The molecule has 21 heavy (non-hydrogen) atoms. The zero-order valence-corrected chi connectivity index (χ0v) is 15.3. The van der Waals surface area contributed by atoms with Gasteiger partial charge in [-0.1, -0.05) is 59.1 Å². The number of rotatable bonds is 8. The second-order valence-electron chi connectivity index (χ2n) is 6.39. The molecule has 0 saturated heterocycles. The molecule has 2 nitrogen and oxygen atoms in total. The van der Waals surface area contributed by atoms with E-state index in [1.54, 1.807) is 0 Å². The minimum Gasteiger partial charge on any atom is -0.349 e. The Morgan fingerprint density at radius 1 is 1.24 bits per heavy atom. The Bertz CT molecular complexity index is 456. The number of amides is 1. The first-order valence-electron chi connectivity index (χ1n) is 7.97. The molecule has 0 bridgehead atoms. The van der Waals surface area contributed by atoms with Gasteiger partial charge in [-0.3, -0.25) is 4.79 Å². The van der Waals surface area contributed by atoms with Crippen LogP contribution in [0.4, 0.5) is 0 Å². The molecule has 0 saturated carbocycles. The number of unbranched alkanes of at least 4 members (excludes halogenated alkanes) is 1. The molecule has 1 amide bonds. The number of carbonyl (C=O) groups is 1. The first-order chi connectivity index (χ1) is 9.92. The molecule has 0 aliphatic heterocycles. The summed E-state index contributed by atoms with van der Waals surface area (Å²) in [6, 6.07) is 7.81. The fraction of sp³-hybridized carbons (Fsp3) is 0.611. The molecule has 1 unspecified atom stereocenters. The van der Waals surface area contributed by atoms with Crippen LogP contribution in [0.15, 0.2) is 28.7 Å². The summed E-state index contributed by atoms with van der Waals surface area (Å²) >= 11 is 3.46. The zero-order valence-electron chi connectivity index (χ0n) is 13.7. The molecule has 0 spiro atoms. The Morgan fingerprint density at radius 2 is 1.90 bits per heavy atom.